The first-order chi connectivity index (χ1) is 13.4. The van der Waals surface area contributed by atoms with E-state index in [1.54, 1.807) is 18.2 Å². The number of carbonyl (C=O) groups is 2. The highest BCUT2D eigenvalue weighted by Crippen LogP contribution is 2.52. The van der Waals surface area contributed by atoms with Gasteiger partial charge >= 0.3 is 0 Å². The van der Waals surface area contributed by atoms with E-state index in [0.29, 0.717) is 23.3 Å². The molecule has 1 N–H and O–H groups in total. The van der Waals surface area contributed by atoms with Gasteiger partial charge in [0.25, 0.3) is 0 Å². The zero-order chi connectivity index (χ0) is 19.6. The fraction of sp³-hybridized carbons (Fsp3) is 0.292. The summed E-state index contributed by atoms with van der Waals surface area (Å²) in [7, 11) is 0. The number of aromatic hydroxyl groups is 1. The van der Waals surface area contributed by atoms with Crippen LogP contribution in [0.15, 0.2) is 59.1 Å². The zero-order valence-electron chi connectivity index (χ0n) is 15.9. The highest BCUT2D eigenvalue weighted by molar-refractivity contribution is 6.25. The van der Waals surface area contributed by atoms with E-state index in [1.165, 1.54) is 0 Å². The van der Waals surface area contributed by atoms with E-state index in [0.717, 1.165) is 23.3 Å². The van der Waals surface area contributed by atoms with Crippen molar-refractivity contribution in [3.63, 3.8) is 0 Å². The van der Waals surface area contributed by atoms with Crippen molar-refractivity contribution in [2.75, 3.05) is 0 Å². The summed E-state index contributed by atoms with van der Waals surface area (Å²) in [6.45, 7) is 4.18. The number of hydrogen-bond acceptors (Lipinski definition) is 4. The Morgan fingerprint density at radius 3 is 2.46 bits per heavy atom. The van der Waals surface area contributed by atoms with Gasteiger partial charge in [0.1, 0.15) is 11.5 Å². The third kappa shape index (κ3) is 2.40. The zero-order valence-corrected chi connectivity index (χ0v) is 15.9. The lowest BCUT2D eigenvalue weighted by Crippen LogP contribution is -2.43. The van der Waals surface area contributed by atoms with Crippen molar-refractivity contribution >= 4 is 23.0 Å². The van der Waals surface area contributed by atoms with E-state index in [2.05, 4.69) is 13.8 Å². The minimum Gasteiger partial charge on any atom is -0.508 e. The van der Waals surface area contributed by atoms with Crippen molar-refractivity contribution in [2.24, 2.45) is 16.3 Å². The van der Waals surface area contributed by atoms with E-state index in [-0.39, 0.29) is 22.7 Å². The molecule has 5 rings (SSSR count). The molecule has 0 radical (unpaired) electrons. The second-order valence-electron chi connectivity index (χ2n) is 8.77. The van der Waals surface area contributed by atoms with Gasteiger partial charge in [0.15, 0.2) is 5.78 Å². The number of ketones is 2. The number of phenols is 1. The first-order valence-electron chi connectivity index (χ1n) is 9.63. The lowest BCUT2D eigenvalue weighted by atomic mass is 9.63. The van der Waals surface area contributed by atoms with E-state index in [9.17, 15) is 14.7 Å². The number of fused-ring (bicyclic) bond motifs is 3. The smallest absolute Gasteiger partial charge is 0.192 e. The quantitative estimate of drug-likeness (QED) is 0.800. The summed E-state index contributed by atoms with van der Waals surface area (Å²) in [5.41, 5.74) is 4.29. The van der Waals surface area contributed by atoms with Crippen LogP contribution in [0.4, 0.5) is 0 Å². The number of aliphatic imine (C=N–C) groups is 1. The average molecular weight is 371 g/mol. The number of nitrogens with zero attached hydrogens (tertiary/aromatic N) is 1. The van der Waals surface area contributed by atoms with Gasteiger partial charge in [-0.15, -0.1) is 0 Å². The fourth-order valence-corrected chi connectivity index (χ4v) is 5.00. The number of phenolic OH excluding ortho intramolecular Hbond substituents is 1. The summed E-state index contributed by atoms with van der Waals surface area (Å²) < 4.78 is 0. The lowest BCUT2D eigenvalue weighted by Gasteiger charge is -2.40. The summed E-state index contributed by atoms with van der Waals surface area (Å²) in [4.78, 5) is 31.4. The van der Waals surface area contributed by atoms with Crippen LogP contribution in [0.25, 0.3) is 5.70 Å². The van der Waals surface area contributed by atoms with Gasteiger partial charge in [-0.3, -0.25) is 14.6 Å². The minimum atomic E-state index is -0.438. The molecule has 0 amide bonds. The van der Waals surface area contributed by atoms with Crippen LogP contribution in [0.1, 0.15) is 54.1 Å². The molecule has 4 nitrogen and oxygen atoms in total. The summed E-state index contributed by atoms with van der Waals surface area (Å²) >= 11 is 0. The predicted molar refractivity (Wildman–Crippen MR) is 107 cm³/mol. The number of carbonyl (C=O) groups excluding carboxylic acids is 2. The molecular formula is C24H21NO3. The molecule has 140 valence electrons. The molecule has 1 heterocycles. The molecule has 28 heavy (non-hydrogen) atoms. The van der Waals surface area contributed by atoms with Gasteiger partial charge < -0.3 is 5.11 Å². The number of hydrogen-bond donors (Lipinski definition) is 1. The lowest BCUT2D eigenvalue weighted by molar-refractivity contribution is -0.124. The van der Waals surface area contributed by atoms with Crippen molar-refractivity contribution in [2.45, 2.75) is 32.6 Å². The Morgan fingerprint density at radius 2 is 1.71 bits per heavy atom. The molecule has 3 aliphatic rings. The SMILES string of the molecule is CC1(C)CC(=O)C2C(=NC3=C(C(=O)c4ccccc43)[C@@H]2c2cccc(O)c2)C1. The van der Waals surface area contributed by atoms with E-state index in [1.807, 2.05) is 30.3 Å². The fourth-order valence-electron chi connectivity index (χ4n) is 5.00. The Kier molecular flexibility index (Phi) is 3.51. The number of Topliss-reactive ketones (excluding diaryl/α,β-unsaturated/α-hetero) is 2. The van der Waals surface area contributed by atoms with Crippen molar-refractivity contribution in [3.05, 3.63) is 70.8 Å². The molecule has 1 fully saturated rings. The maximum absolute atomic E-state index is 13.3. The largest absolute Gasteiger partial charge is 0.508 e. The highest BCUT2D eigenvalue weighted by atomic mass is 16.3. The first kappa shape index (κ1) is 17.1. The Balaban J connectivity index is 1.77. The highest BCUT2D eigenvalue weighted by Gasteiger charge is 2.50. The van der Waals surface area contributed by atoms with Crippen LogP contribution in [0, 0.1) is 11.3 Å². The molecule has 2 aromatic rings. The number of allylic oxidation sites excluding steroid dienone is 1. The van der Waals surface area contributed by atoms with Crippen LogP contribution in [0.2, 0.25) is 0 Å². The molecular weight excluding hydrogens is 350 g/mol. The average Bonchev–Trinajstić information content (AvgIpc) is 2.92. The molecule has 4 heteroatoms. The van der Waals surface area contributed by atoms with Crippen LogP contribution in [-0.4, -0.2) is 22.4 Å². The maximum atomic E-state index is 13.3. The third-order valence-corrected chi connectivity index (χ3v) is 6.07. The molecule has 0 spiro atoms. The molecule has 1 saturated carbocycles. The van der Waals surface area contributed by atoms with Gasteiger partial charge in [-0.25, -0.2) is 0 Å². The number of rotatable bonds is 1. The molecule has 0 aromatic heterocycles. The van der Waals surface area contributed by atoms with Crippen LogP contribution in [-0.2, 0) is 4.79 Å². The molecule has 0 bridgehead atoms. The summed E-state index contributed by atoms with van der Waals surface area (Å²) in [5.74, 6) is -0.641. The Bertz CT molecular complexity index is 1110. The molecule has 2 aliphatic carbocycles. The summed E-state index contributed by atoms with van der Waals surface area (Å²) in [6.07, 6.45) is 1.20. The van der Waals surface area contributed by atoms with Gasteiger partial charge in [0.05, 0.1) is 11.6 Å². The van der Waals surface area contributed by atoms with Crippen molar-refractivity contribution in [3.8, 4) is 5.75 Å². The van der Waals surface area contributed by atoms with Crippen LogP contribution < -0.4 is 0 Å². The minimum absolute atomic E-state index is 0.0561. The summed E-state index contributed by atoms with van der Waals surface area (Å²) in [5, 5.41) is 10.1. The van der Waals surface area contributed by atoms with E-state index in [4.69, 9.17) is 4.99 Å². The van der Waals surface area contributed by atoms with Gasteiger partial charge in [0, 0.05) is 34.8 Å². The Hall–Kier alpha value is -3.01. The molecule has 1 aliphatic heterocycles. The van der Waals surface area contributed by atoms with E-state index >= 15 is 0 Å². The second-order valence-corrected chi connectivity index (χ2v) is 8.77. The summed E-state index contributed by atoms with van der Waals surface area (Å²) in [6, 6.07) is 14.4. The molecule has 2 atom stereocenters. The van der Waals surface area contributed by atoms with Gasteiger partial charge in [-0.2, -0.15) is 0 Å². The molecule has 2 aromatic carbocycles. The maximum Gasteiger partial charge on any atom is 0.192 e. The van der Waals surface area contributed by atoms with E-state index < -0.39 is 11.8 Å². The normalized spacial score (nSPS) is 25.1. The molecule has 0 saturated heterocycles. The predicted octanol–water partition coefficient (Wildman–Crippen LogP) is 4.54. The number of benzene rings is 2. The van der Waals surface area contributed by atoms with Crippen LogP contribution in [0.5, 0.6) is 5.75 Å². The monoisotopic (exact) mass is 371 g/mol. The first-order valence-corrected chi connectivity index (χ1v) is 9.63. The Labute approximate surface area is 163 Å². The van der Waals surface area contributed by atoms with Crippen molar-refractivity contribution in [1.82, 2.24) is 0 Å². The van der Waals surface area contributed by atoms with Crippen LogP contribution >= 0.6 is 0 Å². The van der Waals surface area contributed by atoms with Crippen molar-refractivity contribution in [1.29, 1.82) is 0 Å². The topological polar surface area (TPSA) is 66.7 Å². The Morgan fingerprint density at radius 1 is 0.964 bits per heavy atom. The molecule has 1 unspecified atom stereocenters. The van der Waals surface area contributed by atoms with Crippen molar-refractivity contribution < 1.29 is 14.7 Å². The van der Waals surface area contributed by atoms with Gasteiger partial charge in [-0.05, 0) is 29.5 Å². The van der Waals surface area contributed by atoms with Crippen LogP contribution in [0.3, 0.4) is 0 Å². The van der Waals surface area contributed by atoms with Gasteiger partial charge in [-0.1, -0.05) is 50.2 Å². The van der Waals surface area contributed by atoms with Gasteiger partial charge in [0.2, 0.25) is 0 Å². The third-order valence-electron chi connectivity index (χ3n) is 6.07. The second kappa shape index (κ2) is 5.74. The standard InChI is InChI=1S/C24H21NO3/c1-24(2)11-17-20(18(27)12-24)19(13-6-5-7-14(26)10-13)21-22(25-17)15-8-3-4-9-16(15)23(21)28/h3-10,19-20,26H,11-12H2,1-2H3/t19-,20?/m1/s1.